The molecule has 0 fully saturated rings. The Kier molecular flexibility index (Phi) is 5.75. The van der Waals surface area contributed by atoms with E-state index in [9.17, 15) is 4.39 Å². The van der Waals surface area contributed by atoms with Gasteiger partial charge in [0.25, 0.3) is 0 Å². The van der Waals surface area contributed by atoms with Crippen molar-refractivity contribution in [3.05, 3.63) is 68.4 Å². The molecule has 0 spiro atoms. The third-order valence-electron chi connectivity index (χ3n) is 3.06. The van der Waals surface area contributed by atoms with Crippen LogP contribution in [-0.2, 0) is 0 Å². The van der Waals surface area contributed by atoms with Crippen LogP contribution in [0.25, 0.3) is 0 Å². The van der Waals surface area contributed by atoms with E-state index >= 15 is 0 Å². The van der Waals surface area contributed by atoms with Gasteiger partial charge in [0.1, 0.15) is 5.82 Å². The molecule has 0 radical (unpaired) electrons. The second kappa shape index (κ2) is 7.34. The molecule has 0 amide bonds. The lowest BCUT2D eigenvalue weighted by molar-refractivity contribution is 0.591. The molecule has 1 unspecified atom stereocenters. The molecule has 20 heavy (non-hydrogen) atoms. The Hall–Kier alpha value is -0.710. The second-order valence-corrected chi connectivity index (χ2v) is 6.39. The summed E-state index contributed by atoms with van der Waals surface area (Å²) in [6.45, 7) is 3.04. The fourth-order valence-corrected chi connectivity index (χ4v) is 2.91. The minimum atomic E-state index is -0.239. The first kappa shape index (κ1) is 15.7. The number of rotatable bonds is 5. The van der Waals surface area contributed by atoms with Crippen LogP contribution in [0.1, 0.15) is 30.5 Å². The van der Waals surface area contributed by atoms with Crippen molar-refractivity contribution in [3.63, 3.8) is 0 Å². The molecule has 4 heteroatoms. The highest BCUT2D eigenvalue weighted by Gasteiger charge is 2.15. The Labute approximate surface area is 135 Å². The Balaban J connectivity index is 2.38. The first-order valence-electron chi connectivity index (χ1n) is 6.55. The van der Waals surface area contributed by atoms with Gasteiger partial charge in [-0.25, -0.2) is 4.39 Å². The average Bonchev–Trinajstić information content (AvgIpc) is 2.43. The zero-order chi connectivity index (χ0) is 14.5. The summed E-state index contributed by atoms with van der Waals surface area (Å²) < 4.78 is 14.9. The smallest absolute Gasteiger partial charge is 0.137 e. The molecule has 0 aromatic heterocycles. The summed E-state index contributed by atoms with van der Waals surface area (Å²) in [6, 6.07) is 13.4. The molecule has 0 saturated heterocycles. The van der Waals surface area contributed by atoms with Crippen molar-refractivity contribution in [2.75, 3.05) is 6.54 Å². The standard InChI is InChI=1S/C16H16Br2FN/c1-2-8-20-16(11-4-3-5-13(17)9-11)12-6-7-15(19)14(18)10-12/h3-7,9-10,16,20H,2,8H2,1H3. The van der Waals surface area contributed by atoms with Crippen molar-refractivity contribution in [2.24, 2.45) is 0 Å². The van der Waals surface area contributed by atoms with Gasteiger partial charge in [0.15, 0.2) is 0 Å². The largest absolute Gasteiger partial charge is 0.306 e. The number of halogens is 3. The summed E-state index contributed by atoms with van der Waals surface area (Å²) >= 11 is 6.76. The summed E-state index contributed by atoms with van der Waals surface area (Å²) in [5.41, 5.74) is 2.20. The fraction of sp³-hybridized carbons (Fsp3) is 0.250. The van der Waals surface area contributed by atoms with Gasteiger partial charge in [0, 0.05) is 4.47 Å². The lowest BCUT2D eigenvalue weighted by Crippen LogP contribution is -2.23. The molecule has 0 bridgehead atoms. The van der Waals surface area contributed by atoms with Crippen LogP contribution in [0.3, 0.4) is 0 Å². The van der Waals surface area contributed by atoms with Gasteiger partial charge in [-0.1, -0.05) is 41.1 Å². The maximum absolute atomic E-state index is 13.4. The Morgan fingerprint density at radius 1 is 1.10 bits per heavy atom. The maximum atomic E-state index is 13.4. The quantitative estimate of drug-likeness (QED) is 0.704. The lowest BCUT2D eigenvalue weighted by Gasteiger charge is -2.20. The summed E-state index contributed by atoms with van der Waals surface area (Å²) in [5, 5.41) is 3.51. The van der Waals surface area contributed by atoms with Crippen molar-refractivity contribution in [2.45, 2.75) is 19.4 Å². The average molecular weight is 401 g/mol. The molecule has 1 N–H and O–H groups in total. The van der Waals surface area contributed by atoms with Crippen LogP contribution in [0.4, 0.5) is 4.39 Å². The Morgan fingerprint density at radius 3 is 2.50 bits per heavy atom. The SMILES string of the molecule is CCCNC(c1cccc(Br)c1)c1ccc(F)c(Br)c1. The van der Waals surface area contributed by atoms with E-state index in [2.05, 4.69) is 56.2 Å². The van der Waals surface area contributed by atoms with E-state index in [0.717, 1.165) is 28.6 Å². The zero-order valence-corrected chi connectivity index (χ0v) is 14.3. The molecule has 2 rings (SSSR count). The lowest BCUT2D eigenvalue weighted by atomic mass is 9.98. The van der Waals surface area contributed by atoms with Crippen molar-refractivity contribution < 1.29 is 4.39 Å². The summed E-state index contributed by atoms with van der Waals surface area (Å²) in [5.74, 6) is -0.239. The molecule has 106 valence electrons. The van der Waals surface area contributed by atoms with Gasteiger partial charge in [-0.15, -0.1) is 0 Å². The molecule has 0 aliphatic heterocycles. The van der Waals surface area contributed by atoms with E-state index in [1.165, 1.54) is 6.07 Å². The third kappa shape index (κ3) is 3.90. The molecule has 1 atom stereocenters. The summed E-state index contributed by atoms with van der Waals surface area (Å²) in [7, 11) is 0. The second-order valence-electron chi connectivity index (χ2n) is 4.62. The normalized spacial score (nSPS) is 12.4. The van der Waals surface area contributed by atoms with E-state index in [1.807, 2.05) is 24.3 Å². The number of benzene rings is 2. The van der Waals surface area contributed by atoms with E-state index < -0.39 is 0 Å². The van der Waals surface area contributed by atoms with Gasteiger partial charge in [-0.3, -0.25) is 0 Å². The van der Waals surface area contributed by atoms with E-state index in [4.69, 9.17) is 0 Å². The first-order chi connectivity index (χ1) is 9.61. The van der Waals surface area contributed by atoms with Gasteiger partial charge < -0.3 is 5.32 Å². The number of nitrogens with one attached hydrogen (secondary N) is 1. The van der Waals surface area contributed by atoms with Gasteiger partial charge in [-0.2, -0.15) is 0 Å². The highest BCUT2D eigenvalue weighted by molar-refractivity contribution is 9.10. The van der Waals surface area contributed by atoms with E-state index in [-0.39, 0.29) is 11.9 Å². The molecule has 1 nitrogen and oxygen atoms in total. The van der Waals surface area contributed by atoms with Crippen molar-refractivity contribution in [3.8, 4) is 0 Å². The van der Waals surface area contributed by atoms with Gasteiger partial charge in [0.05, 0.1) is 10.5 Å². The highest BCUT2D eigenvalue weighted by atomic mass is 79.9. The highest BCUT2D eigenvalue weighted by Crippen LogP contribution is 2.27. The number of hydrogen-bond donors (Lipinski definition) is 1. The Bertz CT molecular complexity index is 586. The molecule has 2 aromatic carbocycles. The van der Waals surface area contributed by atoms with Crippen LogP contribution in [0, 0.1) is 5.82 Å². The van der Waals surface area contributed by atoms with Crippen LogP contribution in [0.15, 0.2) is 51.4 Å². The van der Waals surface area contributed by atoms with Crippen molar-refractivity contribution in [1.29, 1.82) is 0 Å². The third-order valence-corrected chi connectivity index (χ3v) is 4.16. The Morgan fingerprint density at radius 2 is 1.85 bits per heavy atom. The van der Waals surface area contributed by atoms with Crippen LogP contribution in [-0.4, -0.2) is 6.54 Å². The van der Waals surface area contributed by atoms with Gasteiger partial charge in [0.2, 0.25) is 0 Å². The predicted octanol–water partition coefficient (Wildman–Crippen LogP) is 5.44. The molecular weight excluding hydrogens is 385 g/mol. The van der Waals surface area contributed by atoms with Crippen LogP contribution in [0.2, 0.25) is 0 Å². The zero-order valence-electron chi connectivity index (χ0n) is 11.2. The van der Waals surface area contributed by atoms with Crippen LogP contribution in [0.5, 0.6) is 0 Å². The minimum absolute atomic E-state index is 0.0596. The molecule has 0 aliphatic carbocycles. The molecular formula is C16H16Br2FN. The monoisotopic (exact) mass is 399 g/mol. The molecule has 2 aromatic rings. The van der Waals surface area contributed by atoms with E-state index in [0.29, 0.717) is 4.47 Å². The van der Waals surface area contributed by atoms with Gasteiger partial charge >= 0.3 is 0 Å². The van der Waals surface area contributed by atoms with Crippen LogP contribution >= 0.6 is 31.9 Å². The molecule has 0 saturated carbocycles. The maximum Gasteiger partial charge on any atom is 0.137 e. The molecule has 0 aliphatic rings. The first-order valence-corrected chi connectivity index (χ1v) is 8.14. The fourth-order valence-electron chi connectivity index (χ4n) is 2.09. The summed E-state index contributed by atoms with van der Waals surface area (Å²) in [4.78, 5) is 0. The van der Waals surface area contributed by atoms with Crippen molar-refractivity contribution in [1.82, 2.24) is 5.32 Å². The van der Waals surface area contributed by atoms with Crippen LogP contribution < -0.4 is 5.32 Å². The molecule has 0 heterocycles. The summed E-state index contributed by atoms with van der Waals surface area (Å²) in [6.07, 6.45) is 1.05. The topological polar surface area (TPSA) is 12.0 Å². The van der Waals surface area contributed by atoms with Crippen molar-refractivity contribution >= 4 is 31.9 Å². The number of hydrogen-bond acceptors (Lipinski definition) is 1. The minimum Gasteiger partial charge on any atom is -0.306 e. The predicted molar refractivity (Wildman–Crippen MR) is 88.4 cm³/mol. The van der Waals surface area contributed by atoms with E-state index in [1.54, 1.807) is 0 Å². The van der Waals surface area contributed by atoms with Gasteiger partial charge in [-0.05, 0) is 64.3 Å².